The first-order valence-corrected chi connectivity index (χ1v) is 9.85. The summed E-state index contributed by atoms with van der Waals surface area (Å²) in [6.45, 7) is 2.20. The standard InChI is InChI=1S/C17H22N4O3S/c1-13(22)20-15-6-8-16(9-7-15)25(23,24)19-10-11-21-17-5-3-2-4-14(17)12-18-21/h6-9,12,19H,2-5,10-11H2,1H3,(H,20,22). The van der Waals surface area contributed by atoms with Crippen LogP contribution < -0.4 is 10.0 Å². The number of nitrogens with zero attached hydrogens (tertiary/aromatic N) is 2. The number of rotatable bonds is 6. The second kappa shape index (κ2) is 7.37. The lowest BCUT2D eigenvalue weighted by atomic mass is 9.98. The van der Waals surface area contributed by atoms with E-state index in [2.05, 4.69) is 15.1 Å². The van der Waals surface area contributed by atoms with E-state index in [9.17, 15) is 13.2 Å². The Bertz CT molecular complexity index is 857. The number of aromatic nitrogens is 2. The number of sulfonamides is 1. The fourth-order valence-corrected chi connectivity index (χ4v) is 4.06. The van der Waals surface area contributed by atoms with Crippen LogP contribution in [0.25, 0.3) is 0 Å². The number of hydrogen-bond donors (Lipinski definition) is 2. The van der Waals surface area contributed by atoms with Crippen molar-refractivity contribution in [1.29, 1.82) is 0 Å². The number of benzene rings is 1. The lowest BCUT2D eigenvalue weighted by Gasteiger charge is -2.14. The van der Waals surface area contributed by atoms with E-state index in [4.69, 9.17) is 0 Å². The average molecular weight is 362 g/mol. The summed E-state index contributed by atoms with van der Waals surface area (Å²) in [7, 11) is -3.58. The van der Waals surface area contributed by atoms with Crippen LogP contribution in [0.2, 0.25) is 0 Å². The van der Waals surface area contributed by atoms with Gasteiger partial charge in [-0.05, 0) is 55.5 Å². The highest BCUT2D eigenvalue weighted by Gasteiger charge is 2.16. The summed E-state index contributed by atoms with van der Waals surface area (Å²) in [5.41, 5.74) is 3.07. The summed E-state index contributed by atoms with van der Waals surface area (Å²) in [5, 5.41) is 6.98. The number of amides is 1. The van der Waals surface area contributed by atoms with Gasteiger partial charge in [-0.3, -0.25) is 9.48 Å². The molecule has 0 unspecified atom stereocenters. The first kappa shape index (κ1) is 17.6. The van der Waals surface area contributed by atoms with Gasteiger partial charge in [0.15, 0.2) is 0 Å². The van der Waals surface area contributed by atoms with Crippen LogP contribution in [0, 0.1) is 0 Å². The highest BCUT2D eigenvalue weighted by Crippen LogP contribution is 2.20. The molecule has 0 saturated heterocycles. The number of anilines is 1. The van der Waals surface area contributed by atoms with Gasteiger partial charge in [-0.1, -0.05) is 0 Å². The summed E-state index contributed by atoms with van der Waals surface area (Å²) in [6.07, 6.45) is 6.31. The van der Waals surface area contributed by atoms with Crippen LogP contribution in [0.1, 0.15) is 31.0 Å². The van der Waals surface area contributed by atoms with Crippen molar-refractivity contribution in [1.82, 2.24) is 14.5 Å². The molecule has 1 heterocycles. The van der Waals surface area contributed by atoms with E-state index in [-0.39, 0.29) is 17.3 Å². The van der Waals surface area contributed by atoms with Crippen molar-refractivity contribution in [3.63, 3.8) is 0 Å². The van der Waals surface area contributed by atoms with Gasteiger partial charge in [0.25, 0.3) is 0 Å². The lowest BCUT2D eigenvalue weighted by Crippen LogP contribution is -2.28. The van der Waals surface area contributed by atoms with Crippen molar-refractivity contribution in [2.75, 3.05) is 11.9 Å². The zero-order chi connectivity index (χ0) is 17.9. The van der Waals surface area contributed by atoms with Gasteiger partial charge in [-0.25, -0.2) is 13.1 Å². The Morgan fingerprint density at radius 3 is 2.64 bits per heavy atom. The summed E-state index contributed by atoms with van der Waals surface area (Å²) in [5.74, 6) is -0.198. The second-order valence-corrected chi connectivity index (χ2v) is 7.92. The number of carbonyl (C=O) groups is 1. The smallest absolute Gasteiger partial charge is 0.240 e. The molecule has 1 aliphatic rings. The minimum absolute atomic E-state index is 0.170. The Morgan fingerprint density at radius 2 is 1.92 bits per heavy atom. The normalized spacial score (nSPS) is 14.1. The van der Waals surface area contributed by atoms with Gasteiger partial charge in [0.2, 0.25) is 15.9 Å². The third-order valence-electron chi connectivity index (χ3n) is 4.25. The second-order valence-electron chi connectivity index (χ2n) is 6.15. The van der Waals surface area contributed by atoms with E-state index in [1.807, 2.05) is 10.9 Å². The molecule has 25 heavy (non-hydrogen) atoms. The average Bonchev–Trinajstić information content (AvgIpc) is 2.98. The van der Waals surface area contributed by atoms with Crippen LogP contribution in [0.15, 0.2) is 35.4 Å². The molecule has 1 aromatic heterocycles. The number of carbonyl (C=O) groups excluding carboxylic acids is 1. The SMILES string of the molecule is CC(=O)Nc1ccc(S(=O)(=O)NCCn2ncc3c2CCCC3)cc1. The van der Waals surface area contributed by atoms with Gasteiger partial charge in [0, 0.05) is 24.8 Å². The zero-order valence-electron chi connectivity index (χ0n) is 14.2. The van der Waals surface area contributed by atoms with Gasteiger partial charge in [0.05, 0.1) is 17.6 Å². The van der Waals surface area contributed by atoms with E-state index in [1.54, 1.807) is 12.1 Å². The molecule has 0 bridgehead atoms. The van der Waals surface area contributed by atoms with Gasteiger partial charge in [-0.15, -0.1) is 0 Å². The molecule has 0 atom stereocenters. The van der Waals surface area contributed by atoms with E-state index in [0.717, 1.165) is 19.3 Å². The molecule has 0 saturated carbocycles. The number of fused-ring (bicyclic) bond motifs is 1. The van der Waals surface area contributed by atoms with Crippen molar-refractivity contribution < 1.29 is 13.2 Å². The van der Waals surface area contributed by atoms with Crippen LogP contribution in [-0.2, 0) is 34.2 Å². The van der Waals surface area contributed by atoms with Gasteiger partial charge < -0.3 is 5.32 Å². The lowest BCUT2D eigenvalue weighted by molar-refractivity contribution is -0.114. The summed E-state index contributed by atoms with van der Waals surface area (Å²) in [6, 6.07) is 6.09. The van der Waals surface area contributed by atoms with Crippen molar-refractivity contribution in [2.24, 2.45) is 0 Å². The molecule has 8 heteroatoms. The van der Waals surface area contributed by atoms with Gasteiger partial charge in [-0.2, -0.15) is 5.10 Å². The Labute approximate surface area is 147 Å². The van der Waals surface area contributed by atoms with Crippen LogP contribution in [0.5, 0.6) is 0 Å². The minimum Gasteiger partial charge on any atom is -0.326 e. The molecule has 1 aliphatic carbocycles. The summed E-state index contributed by atoms with van der Waals surface area (Å²) >= 11 is 0. The third-order valence-corrected chi connectivity index (χ3v) is 5.72. The van der Waals surface area contributed by atoms with Crippen LogP contribution in [0.3, 0.4) is 0 Å². The number of aryl methyl sites for hydroxylation is 1. The molecule has 0 fully saturated rings. The predicted octanol–water partition coefficient (Wildman–Crippen LogP) is 1.70. The van der Waals surface area contributed by atoms with Crippen LogP contribution in [-0.4, -0.2) is 30.7 Å². The summed E-state index contributed by atoms with van der Waals surface area (Å²) < 4.78 is 29.2. The van der Waals surface area contributed by atoms with Crippen molar-refractivity contribution in [2.45, 2.75) is 44.0 Å². The van der Waals surface area contributed by atoms with E-state index >= 15 is 0 Å². The molecule has 0 spiro atoms. The van der Waals surface area contributed by atoms with Gasteiger partial charge >= 0.3 is 0 Å². The van der Waals surface area contributed by atoms with Crippen LogP contribution >= 0.6 is 0 Å². The van der Waals surface area contributed by atoms with Crippen molar-refractivity contribution in [3.8, 4) is 0 Å². The summed E-state index contributed by atoms with van der Waals surface area (Å²) in [4.78, 5) is 11.2. The van der Waals surface area contributed by atoms with Crippen molar-refractivity contribution in [3.05, 3.63) is 41.7 Å². The van der Waals surface area contributed by atoms with Crippen molar-refractivity contribution >= 4 is 21.6 Å². The van der Waals surface area contributed by atoms with E-state index in [1.165, 1.54) is 36.7 Å². The highest BCUT2D eigenvalue weighted by atomic mass is 32.2. The first-order valence-electron chi connectivity index (χ1n) is 8.36. The molecule has 2 aromatic rings. The zero-order valence-corrected chi connectivity index (χ0v) is 15.0. The molecule has 1 amide bonds. The first-order chi connectivity index (χ1) is 12.0. The van der Waals surface area contributed by atoms with Crippen LogP contribution in [0.4, 0.5) is 5.69 Å². The van der Waals surface area contributed by atoms with Gasteiger partial charge in [0.1, 0.15) is 0 Å². The molecule has 0 aliphatic heterocycles. The molecule has 3 rings (SSSR count). The maximum absolute atomic E-state index is 12.4. The molecule has 2 N–H and O–H groups in total. The Kier molecular flexibility index (Phi) is 5.19. The molecule has 0 radical (unpaired) electrons. The Morgan fingerprint density at radius 1 is 1.20 bits per heavy atom. The Hall–Kier alpha value is -2.19. The monoisotopic (exact) mass is 362 g/mol. The fourth-order valence-electron chi connectivity index (χ4n) is 3.04. The van der Waals surface area contributed by atoms with E-state index < -0.39 is 10.0 Å². The molecular weight excluding hydrogens is 340 g/mol. The topological polar surface area (TPSA) is 93.1 Å². The Balaban J connectivity index is 1.60. The third kappa shape index (κ3) is 4.26. The molecule has 7 nitrogen and oxygen atoms in total. The maximum Gasteiger partial charge on any atom is 0.240 e. The predicted molar refractivity (Wildman–Crippen MR) is 94.8 cm³/mol. The highest BCUT2D eigenvalue weighted by molar-refractivity contribution is 7.89. The quantitative estimate of drug-likeness (QED) is 0.818. The number of hydrogen-bond acceptors (Lipinski definition) is 4. The number of nitrogens with one attached hydrogen (secondary N) is 2. The maximum atomic E-state index is 12.4. The molecule has 1 aromatic carbocycles. The van der Waals surface area contributed by atoms with E-state index in [0.29, 0.717) is 12.2 Å². The largest absolute Gasteiger partial charge is 0.326 e. The minimum atomic E-state index is -3.58. The fraction of sp³-hybridized carbons (Fsp3) is 0.412. The molecule has 134 valence electrons. The molecular formula is C17H22N4O3S.